The number of ether oxygens (including phenoxy) is 3. The number of hydrogen-bond acceptors (Lipinski definition) is 5. The molecule has 122 valence electrons. The summed E-state index contributed by atoms with van der Waals surface area (Å²) in [5.74, 6) is 0.831. The molecule has 0 aliphatic carbocycles. The van der Waals surface area contributed by atoms with Crippen molar-refractivity contribution >= 4 is 10.0 Å². The summed E-state index contributed by atoms with van der Waals surface area (Å²) in [5, 5.41) is 0. The van der Waals surface area contributed by atoms with E-state index in [1.165, 1.54) is 30.3 Å². The average molecular weight is 339 g/mol. The molecule has 0 aromatic heterocycles. The molecular weight excluding hydrogens is 325 g/mol. The lowest BCUT2D eigenvalue weighted by atomic mass is 10.3. The summed E-state index contributed by atoms with van der Waals surface area (Å²) >= 11 is 0. The van der Waals surface area contributed by atoms with Gasteiger partial charge in [-0.15, -0.1) is 0 Å². The van der Waals surface area contributed by atoms with Gasteiger partial charge in [-0.25, -0.2) is 17.5 Å². The fraction of sp³-hybridized carbons (Fsp3) is 0.200. The van der Waals surface area contributed by atoms with Crippen molar-refractivity contribution in [3.05, 3.63) is 48.3 Å². The van der Waals surface area contributed by atoms with Crippen LogP contribution in [0.3, 0.4) is 0 Å². The van der Waals surface area contributed by atoms with E-state index in [9.17, 15) is 12.8 Å². The zero-order chi connectivity index (χ0) is 16.3. The number of hydrogen-bond donors (Lipinski definition) is 1. The maximum Gasteiger partial charge on any atom is 0.240 e. The van der Waals surface area contributed by atoms with E-state index in [1.807, 2.05) is 0 Å². The third kappa shape index (κ3) is 3.72. The van der Waals surface area contributed by atoms with Crippen molar-refractivity contribution in [3.8, 4) is 17.2 Å². The number of benzene rings is 2. The van der Waals surface area contributed by atoms with Crippen LogP contribution in [0.2, 0.25) is 0 Å². The van der Waals surface area contributed by atoms with Gasteiger partial charge in [0.05, 0.1) is 4.90 Å². The lowest BCUT2D eigenvalue weighted by Crippen LogP contribution is -2.28. The molecule has 0 radical (unpaired) electrons. The average Bonchev–Trinajstić information content (AvgIpc) is 2.99. The van der Waals surface area contributed by atoms with Crippen LogP contribution in [0, 0.1) is 5.82 Å². The summed E-state index contributed by atoms with van der Waals surface area (Å²) in [6.07, 6.45) is 0. The number of halogens is 1. The third-order valence-corrected chi connectivity index (χ3v) is 4.57. The monoisotopic (exact) mass is 339 g/mol. The van der Waals surface area contributed by atoms with E-state index in [1.54, 1.807) is 12.1 Å². The largest absolute Gasteiger partial charge is 0.492 e. The van der Waals surface area contributed by atoms with Gasteiger partial charge in [-0.2, -0.15) is 0 Å². The van der Waals surface area contributed by atoms with E-state index in [-0.39, 0.29) is 24.8 Å². The molecule has 0 atom stereocenters. The fourth-order valence-corrected chi connectivity index (χ4v) is 3.06. The fourth-order valence-electron chi connectivity index (χ4n) is 2.03. The molecule has 6 nitrogen and oxygen atoms in total. The Hall–Kier alpha value is -2.32. The second kappa shape index (κ2) is 6.43. The van der Waals surface area contributed by atoms with Gasteiger partial charge in [0.2, 0.25) is 16.8 Å². The zero-order valence-electron chi connectivity index (χ0n) is 12.0. The van der Waals surface area contributed by atoms with Crippen LogP contribution in [0.5, 0.6) is 17.2 Å². The van der Waals surface area contributed by atoms with Gasteiger partial charge in [-0.1, -0.05) is 6.07 Å². The number of rotatable bonds is 6. The second-order valence-electron chi connectivity index (χ2n) is 4.72. The van der Waals surface area contributed by atoms with Gasteiger partial charge in [-0.05, 0) is 24.3 Å². The first kappa shape index (κ1) is 15.6. The van der Waals surface area contributed by atoms with E-state index in [0.717, 1.165) is 0 Å². The first-order chi connectivity index (χ1) is 11.0. The van der Waals surface area contributed by atoms with E-state index >= 15 is 0 Å². The second-order valence-corrected chi connectivity index (χ2v) is 6.49. The lowest BCUT2D eigenvalue weighted by Gasteiger charge is -2.09. The van der Waals surface area contributed by atoms with Gasteiger partial charge in [0, 0.05) is 18.7 Å². The summed E-state index contributed by atoms with van der Waals surface area (Å²) in [6.45, 7) is 0.203. The van der Waals surface area contributed by atoms with Crippen LogP contribution in [-0.4, -0.2) is 28.4 Å². The van der Waals surface area contributed by atoms with Crippen LogP contribution >= 0.6 is 0 Å². The van der Waals surface area contributed by atoms with Crippen LogP contribution in [0.25, 0.3) is 0 Å². The molecule has 1 heterocycles. The molecule has 0 saturated heterocycles. The summed E-state index contributed by atoms with van der Waals surface area (Å²) in [7, 11) is -3.68. The molecule has 2 aromatic carbocycles. The maximum absolute atomic E-state index is 13.0. The quantitative estimate of drug-likeness (QED) is 0.814. The first-order valence-electron chi connectivity index (χ1n) is 6.82. The minimum absolute atomic E-state index is 0.0489. The van der Waals surface area contributed by atoms with E-state index in [0.29, 0.717) is 17.2 Å². The Labute approximate surface area is 132 Å². The van der Waals surface area contributed by atoms with Crippen molar-refractivity contribution < 1.29 is 27.0 Å². The van der Waals surface area contributed by atoms with Gasteiger partial charge in [0.25, 0.3) is 0 Å². The highest BCUT2D eigenvalue weighted by atomic mass is 32.2. The predicted octanol–water partition coefficient (Wildman–Crippen LogP) is 1.91. The van der Waals surface area contributed by atoms with Gasteiger partial charge >= 0.3 is 0 Å². The maximum atomic E-state index is 13.0. The van der Waals surface area contributed by atoms with E-state index < -0.39 is 15.8 Å². The van der Waals surface area contributed by atoms with Crippen LogP contribution in [0.15, 0.2) is 47.4 Å². The third-order valence-electron chi connectivity index (χ3n) is 3.11. The summed E-state index contributed by atoms with van der Waals surface area (Å²) in [5.41, 5.74) is 0. The highest BCUT2D eigenvalue weighted by molar-refractivity contribution is 7.89. The van der Waals surface area contributed by atoms with Crippen molar-refractivity contribution in [2.75, 3.05) is 19.9 Å². The highest BCUT2D eigenvalue weighted by Crippen LogP contribution is 2.33. The van der Waals surface area contributed by atoms with Gasteiger partial charge in [0.15, 0.2) is 11.5 Å². The van der Waals surface area contributed by atoms with Crippen molar-refractivity contribution in [2.45, 2.75) is 4.90 Å². The summed E-state index contributed by atoms with van der Waals surface area (Å²) < 4.78 is 55.3. The molecule has 2 aromatic rings. The highest BCUT2D eigenvalue weighted by Gasteiger charge is 2.19. The summed E-state index contributed by atoms with van der Waals surface area (Å²) in [4.78, 5) is 0.0764. The van der Waals surface area contributed by atoms with Crippen molar-refractivity contribution in [1.82, 2.24) is 4.72 Å². The molecule has 1 N–H and O–H groups in total. The van der Waals surface area contributed by atoms with Crippen LogP contribution in [-0.2, 0) is 10.0 Å². The first-order valence-corrected chi connectivity index (χ1v) is 8.31. The lowest BCUT2D eigenvalue weighted by molar-refractivity contribution is 0.174. The topological polar surface area (TPSA) is 73.9 Å². The Kier molecular flexibility index (Phi) is 4.35. The zero-order valence-corrected chi connectivity index (χ0v) is 12.8. The van der Waals surface area contributed by atoms with Crippen molar-refractivity contribution in [1.29, 1.82) is 0 Å². The van der Waals surface area contributed by atoms with Gasteiger partial charge in [0.1, 0.15) is 18.2 Å². The van der Waals surface area contributed by atoms with Gasteiger partial charge < -0.3 is 14.2 Å². The number of sulfonamides is 1. The summed E-state index contributed by atoms with van der Waals surface area (Å²) in [6, 6.07) is 10.0. The molecule has 0 saturated carbocycles. The molecule has 0 spiro atoms. The molecular formula is C15H14FNO5S. The normalized spacial score (nSPS) is 13.1. The predicted molar refractivity (Wildman–Crippen MR) is 79.6 cm³/mol. The Bertz CT molecular complexity index is 809. The smallest absolute Gasteiger partial charge is 0.240 e. The van der Waals surface area contributed by atoms with Crippen LogP contribution in [0.1, 0.15) is 0 Å². The van der Waals surface area contributed by atoms with Crippen molar-refractivity contribution in [2.24, 2.45) is 0 Å². The minimum Gasteiger partial charge on any atom is -0.492 e. The molecule has 0 fully saturated rings. The Morgan fingerprint density at radius 2 is 1.96 bits per heavy atom. The number of nitrogens with one attached hydrogen (secondary N) is 1. The molecule has 0 amide bonds. The Balaban J connectivity index is 1.57. The van der Waals surface area contributed by atoms with E-state index in [4.69, 9.17) is 14.2 Å². The molecule has 23 heavy (non-hydrogen) atoms. The molecule has 1 aliphatic rings. The van der Waals surface area contributed by atoms with E-state index in [2.05, 4.69) is 4.72 Å². The molecule has 0 unspecified atom stereocenters. The van der Waals surface area contributed by atoms with Crippen molar-refractivity contribution in [3.63, 3.8) is 0 Å². The Morgan fingerprint density at radius 1 is 1.13 bits per heavy atom. The molecule has 3 rings (SSSR count). The molecule has 1 aliphatic heterocycles. The Morgan fingerprint density at radius 3 is 2.78 bits per heavy atom. The standard InChI is InChI=1S/C15H14FNO5S/c16-11-2-1-3-12(8-11)20-7-6-17-23(18,19)13-4-5-14-15(9-13)22-10-21-14/h1-5,8-9,17H,6-7,10H2. The van der Waals surface area contributed by atoms with Crippen LogP contribution < -0.4 is 18.9 Å². The molecule has 0 bridgehead atoms. The minimum atomic E-state index is -3.68. The number of fused-ring (bicyclic) bond motifs is 1. The van der Waals surface area contributed by atoms with Gasteiger partial charge in [-0.3, -0.25) is 0 Å². The van der Waals surface area contributed by atoms with Crippen LogP contribution in [0.4, 0.5) is 4.39 Å². The SMILES string of the molecule is O=S(=O)(NCCOc1cccc(F)c1)c1ccc2c(c1)OCO2. The molecule has 8 heteroatoms.